The van der Waals surface area contributed by atoms with Crippen LogP contribution in [0, 0.1) is 15.9 Å². The van der Waals surface area contributed by atoms with Crippen molar-refractivity contribution >= 4 is 5.69 Å². The quantitative estimate of drug-likeness (QED) is 0.496. The smallest absolute Gasteiger partial charge is 0.269 e. The molecule has 0 fully saturated rings. The maximum Gasteiger partial charge on any atom is 0.269 e. The Morgan fingerprint density at radius 2 is 1.96 bits per heavy atom. The third-order valence-electron chi connectivity index (χ3n) is 3.81. The van der Waals surface area contributed by atoms with Crippen LogP contribution in [0.25, 0.3) is 0 Å². The van der Waals surface area contributed by atoms with Gasteiger partial charge in [0, 0.05) is 18.7 Å². The topological polar surface area (TPSA) is 105 Å². The number of nitrogens with zero attached hydrogens (tertiary/aromatic N) is 1. The summed E-state index contributed by atoms with van der Waals surface area (Å²) in [5, 5.41) is 33.4. The SMILES string of the molecule is COc1ccc(CN[C@H](CO)[C@@H](O)c2ccc([N+](=O)[O-])cc2)cc1F. The Hall–Kier alpha value is -2.55. The van der Waals surface area contributed by atoms with Crippen molar-refractivity contribution in [2.24, 2.45) is 0 Å². The summed E-state index contributed by atoms with van der Waals surface area (Å²) in [6.45, 7) is -0.146. The number of aliphatic hydroxyl groups excluding tert-OH is 2. The van der Waals surface area contributed by atoms with E-state index in [1.54, 1.807) is 6.07 Å². The normalized spacial score (nSPS) is 13.3. The van der Waals surface area contributed by atoms with Crippen LogP contribution in [0.3, 0.4) is 0 Å². The molecule has 0 aliphatic heterocycles. The van der Waals surface area contributed by atoms with Crippen LogP contribution in [0.5, 0.6) is 5.75 Å². The van der Waals surface area contributed by atoms with Crippen molar-refractivity contribution in [1.82, 2.24) is 5.32 Å². The minimum Gasteiger partial charge on any atom is -0.494 e. The van der Waals surface area contributed by atoms with Gasteiger partial charge in [-0.1, -0.05) is 6.07 Å². The predicted molar refractivity (Wildman–Crippen MR) is 88.7 cm³/mol. The lowest BCUT2D eigenvalue weighted by Gasteiger charge is -2.22. The van der Waals surface area contributed by atoms with Gasteiger partial charge in [0.1, 0.15) is 0 Å². The van der Waals surface area contributed by atoms with Gasteiger partial charge in [-0.3, -0.25) is 10.1 Å². The van der Waals surface area contributed by atoms with E-state index < -0.39 is 22.9 Å². The van der Waals surface area contributed by atoms with Gasteiger partial charge in [-0.15, -0.1) is 0 Å². The van der Waals surface area contributed by atoms with Crippen LogP contribution < -0.4 is 10.1 Å². The van der Waals surface area contributed by atoms with Gasteiger partial charge in [0.25, 0.3) is 5.69 Å². The van der Waals surface area contributed by atoms with E-state index in [0.717, 1.165) is 0 Å². The molecule has 2 rings (SSSR count). The first kappa shape index (κ1) is 18.8. The predicted octanol–water partition coefficient (Wildman–Crippen LogP) is 1.93. The molecule has 0 radical (unpaired) electrons. The Balaban J connectivity index is 2.03. The second-order valence-electron chi connectivity index (χ2n) is 5.43. The molecule has 0 bridgehead atoms. The Labute approximate surface area is 143 Å². The second-order valence-corrected chi connectivity index (χ2v) is 5.43. The van der Waals surface area contributed by atoms with Crippen molar-refractivity contribution in [3.63, 3.8) is 0 Å². The first-order chi connectivity index (χ1) is 12.0. The molecule has 2 aromatic carbocycles. The average molecular weight is 350 g/mol. The van der Waals surface area contributed by atoms with Gasteiger partial charge in [0.2, 0.25) is 0 Å². The number of nitro groups is 1. The Bertz CT molecular complexity index is 723. The van der Waals surface area contributed by atoms with E-state index in [1.807, 2.05) is 0 Å². The lowest BCUT2D eigenvalue weighted by atomic mass is 10.0. The molecule has 0 heterocycles. The molecule has 0 saturated carbocycles. The van der Waals surface area contributed by atoms with Crippen molar-refractivity contribution in [2.45, 2.75) is 18.7 Å². The van der Waals surface area contributed by atoms with Crippen LogP contribution in [-0.2, 0) is 6.54 Å². The molecule has 3 N–H and O–H groups in total. The van der Waals surface area contributed by atoms with Gasteiger partial charge in [-0.05, 0) is 35.4 Å². The van der Waals surface area contributed by atoms with E-state index in [9.17, 15) is 24.7 Å². The summed E-state index contributed by atoms with van der Waals surface area (Å²) in [6, 6.07) is 9.18. The number of benzene rings is 2. The molecule has 25 heavy (non-hydrogen) atoms. The second kappa shape index (κ2) is 8.52. The van der Waals surface area contributed by atoms with Crippen LogP contribution in [0.1, 0.15) is 17.2 Å². The largest absolute Gasteiger partial charge is 0.494 e. The van der Waals surface area contributed by atoms with E-state index >= 15 is 0 Å². The standard InChI is InChI=1S/C17H19FN2O5/c1-25-16-7-2-11(8-14(16)18)9-19-15(10-21)17(22)12-3-5-13(6-4-12)20(23)24/h2-8,15,17,19,21-22H,9-10H2,1H3/t15-,17+/m1/s1. The number of nitrogens with one attached hydrogen (secondary N) is 1. The van der Waals surface area contributed by atoms with E-state index in [4.69, 9.17) is 4.74 Å². The maximum absolute atomic E-state index is 13.7. The van der Waals surface area contributed by atoms with E-state index in [1.165, 1.54) is 43.5 Å². The molecule has 0 unspecified atom stereocenters. The molecular weight excluding hydrogens is 331 g/mol. The number of aliphatic hydroxyl groups is 2. The van der Waals surface area contributed by atoms with E-state index in [2.05, 4.69) is 5.32 Å². The summed E-state index contributed by atoms with van der Waals surface area (Å²) in [6.07, 6.45) is -1.08. The summed E-state index contributed by atoms with van der Waals surface area (Å²) < 4.78 is 18.5. The number of rotatable bonds is 8. The maximum atomic E-state index is 13.7. The van der Waals surface area contributed by atoms with Gasteiger partial charge < -0.3 is 20.3 Å². The number of non-ortho nitro benzene ring substituents is 1. The number of hydrogen-bond donors (Lipinski definition) is 3. The third-order valence-corrected chi connectivity index (χ3v) is 3.81. The fraction of sp³-hybridized carbons (Fsp3) is 0.294. The summed E-state index contributed by atoms with van der Waals surface area (Å²) in [5.41, 5.74) is 0.962. The summed E-state index contributed by atoms with van der Waals surface area (Å²) >= 11 is 0. The van der Waals surface area contributed by atoms with Crippen LogP contribution >= 0.6 is 0 Å². The molecular formula is C17H19FN2O5. The van der Waals surface area contributed by atoms with Gasteiger partial charge in [0.05, 0.1) is 30.8 Å². The van der Waals surface area contributed by atoms with E-state index in [0.29, 0.717) is 11.1 Å². The van der Waals surface area contributed by atoms with Gasteiger partial charge in [0.15, 0.2) is 11.6 Å². The molecule has 0 aliphatic carbocycles. The van der Waals surface area contributed by atoms with Crippen molar-refractivity contribution < 1.29 is 24.3 Å². The first-order valence-electron chi connectivity index (χ1n) is 7.55. The highest BCUT2D eigenvalue weighted by Crippen LogP contribution is 2.21. The molecule has 0 aliphatic rings. The lowest BCUT2D eigenvalue weighted by molar-refractivity contribution is -0.384. The Morgan fingerprint density at radius 1 is 1.28 bits per heavy atom. The van der Waals surface area contributed by atoms with Crippen LogP contribution in [-0.4, -0.2) is 34.9 Å². The fourth-order valence-electron chi connectivity index (χ4n) is 2.37. The fourth-order valence-corrected chi connectivity index (χ4v) is 2.37. The molecule has 0 aromatic heterocycles. The van der Waals surface area contributed by atoms with Gasteiger partial charge in [-0.2, -0.15) is 0 Å². The number of ether oxygens (including phenoxy) is 1. The van der Waals surface area contributed by atoms with Crippen molar-refractivity contribution in [3.05, 3.63) is 69.5 Å². The Kier molecular flexibility index (Phi) is 6.40. The lowest BCUT2D eigenvalue weighted by Crippen LogP contribution is -2.37. The highest BCUT2D eigenvalue weighted by atomic mass is 19.1. The first-order valence-corrected chi connectivity index (χ1v) is 7.55. The molecule has 2 aromatic rings. The van der Waals surface area contributed by atoms with Gasteiger partial charge >= 0.3 is 0 Å². The molecule has 134 valence electrons. The van der Waals surface area contributed by atoms with Crippen molar-refractivity contribution in [2.75, 3.05) is 13.7 Å². The monoisotopic (exact) mass is 350 g/mol. The number of hydrogen-bond acceptors (Lipinski definition) is 6. The minimum absolute atomic E-state index is 0.0850. The third kappa shape index (κ3) is 4.72. The molecule has 0 amide bonds. The zero-order chi connectivity index (χ0) is 18.4. The zero-order valence-electron chi connectivity index (χ0n) is 13.6. The molecule has 8 heteroatoms. The summed E-state index contributed by atoms with van der Waals surface area (Å²) in [5.74, 6) is -0.369. The van der Waals surface area contributed by atoms with Crippen LogP contribution in [0.15, 0.2) is 42.5 Å². The van der Waals surface area contributed by atoms with Gasteiger partial charge in [-0.25, -0.2) is 4.39 Å². The molecule has 0 spiro atoms. The van der Waals surface area contributed by atoms with E-state index in [-0.39, 0.29) is 24.6 Å². The van der Waals surface area contributed by atoms with Crippen molar-refractivity contribution in [1.29, 1.82) is 0 Å². The number of halogens is 1. The number of methoxy groups -OCH3 is 1. The molecule has 0 saturated heterocycles. The highest BCUT2D eigenvalue weighted by Gasteiger charge is 2.20. The van der Waals surface area contributed by atoms with Crippen molar-refractivity contribution in [3.8, 4) is 5.75 Å². The molecule has 2 atom stereocenters. The van der Waals surface area contributed by atoms with Crippen LogP contribution in [0.4, 0.5) is 10.1 Å². The number of nitro benzene ring substituents is 1. The zero-order valence-corrected chi connectivity index (χ0v) is 13.6. The minimum atomic E-state index is -1.08. The average Bonchev–Trinajstić information content (AvgIpc) is 2.62. The van der Waals surface area contributed by atoms with Crippen LogP contribution in [0.2, 0.25) is 0 Å². The Morgan fingerprint density at radius 3 is 2.48 bits per heavy atom. The molecule has 7 nitrogen and oxygen atoms in total. The summed E-state index contributed by atoms with van der Waals surface area (Å²) in [4.78, 5) is 10.1. The highest BCUT2D eigenvalue weighted by molar-refractivity contribution is 5.34. The summed E-state index contributed by atoms with van der Waals surface area (Å²) in [7, 11) is 1.37.